The number of hydrogen-bond acceptors (Lipinski definition) is 3. The van der Waals surface area contributed by atoms with E-state index in [0.717, 1.165) is 11.1 Å². The molecule has 0 aliphatic rings. The lowest BCUT2D eigenvalue weighted by Crippen LogP contribution is -2.30. The van der Waals surface area contributed by atoms with E-state index in [0.29, 0.717) is 5.39 Å². The molecule has 0 fully saturated rings. The van der Waals surface area contributed by atoms with E-state index in [-0.39, 0.29) is 11.7 Å². The third-order valence-corrected chi connectivity index (χ3v) is 2.86. The molecule has 0 amide bonds. The van der Waals surface area contributed by atoms with E-state index in [1.807, 2.05) is 39.1 Å². The number of aromatic nitrogens is 2. The van der Waals surface area contributed by atoms with Gasteiger partial charge in [0, 0.05) is 0 Å². The molecule has 0 bridgehead atoms. The van der Waals surface area contributed by atoms with Crippen molar-refractivity contribution < 1.29 is 0 Å². The van der Waals surface area contributed by atoms with E-state index >= 15 is 0 Å². The van der Waals surface area contributed by atoms with Gasteiger partial charge >= 0.3 is 0 Å². The van der Waals surface area contributed by atoms with Gasteiger partial charge in [-0.25, -0.2) is 4.98 Å². The van der Waals surface area contributed by atoms with Crippen LogP contribution in [0.5, 0.6) is 0 Å². The fourth-order valence-corrected chi connectivity index (χ4v) is 1.76. The first-order chi connectivity index (χ1) is 7.65. The average Bonchev–Trinajstić information content (AvgIpc) is 2.28. The summed E-state index contributed by atoms with van der Waals surface area (Å²) in [6, 6.07) is 5.70. The van der Waals surface area contributed by atoms with Gasteiger partial charge in [-0.1, -0.05) is 12.1 Å². The molecule has 1 aromatic carbocycles. The van der Waals surface area contributed by atoms with Crippen LogP contribution in [0.15, 0.2) is 29.3 Å². The van der Waals surface area contributed by atoms with Gasteiger partial charge in [0.2, 0.25) is 0 Å². The van der Waals surface area contributed by atoms with Crippen molar-refractivity contribution in [2.24, 2.45) is 0 Å². The summed E-state index contributed by atoms with van der Waals surface area (Å²) in [5, 5.41) is 3.73. The first kappa shape index (κ1) is 10.8. The molecule has 1 heterocycles. The zero-order chi connectivity index (χ0) is 11.7. The Labute approximate surface area is 93.9 Å². The van der Waals surface area contributed by atoms with E-state index in [4.69, 9.17) is 0 Å². The van der Waals surface area contributed by atoms with Crippen molar-refractivity contribution in [2.75, 3.05) is 7.05 Å². The smallest absolute Gasteiger partial charge is 0.262 e. The van der Waals surface area contributed by atoms with Gasteiger partial charge in [0.25, 0.3) is 5.56 Å². The third-order valence-electron chi connectivity index (χ3n) is 2.86. The summed E-state index contributed by atoms with van der Waals surface area (Å²) >= 11 is 0. The highest BCUT2D eigenvalue weighted by atomic mass is 16.1. The fraction of sp³-hybridized carbons (Fsp3) is 0.333. The van der Waals surface area contributed by atoms with E-state index in [2.05, 4.69) is 10.3 Å². The topological polar surface area (TPSA) is 46.9 Å². The molecule has 1 atom stereocenters. The third kappa shape index (κ3) is 1.61. The maximum atomic E-state index is 12.2. The number of aryl methyl sites for hydroxylation is 1. The van der Waals surface area contributed by atoms with Gasteiger partial charge in [-0.05, 0) is 32.5 Å². The van der Waals surface area contributed by atoms with Crippen LogP contribution >= 0.6 is 0 Å². The molecule has 4 heteroatoms. The Morgan fingerprint density at radius 1 is 1.44 bits per heavy atom. The molecule has 0 spiro atoms. The number of nitrogens with one attached hydrogen (secondary N) is 1. The largest absolute Gasteiger partial charge is 0.300 e. The van der Waals surface area contributed by atoms with Crippen LogP contribution in [-0.2, 0) is 0 Å². The molecular weight excluding hydrogens is 202 g/mol. The van der Waals surface area contributed by atoms with Gasteiger partial charge in [-0.3, -0.25) is 9.36 Å². The second-order valence-corrected chi connectivity index (χ2v) is 3.89. The predicted molar refractivity (Wildman–Crippen MR) is 64.5 cm³/mol. The van der Waals surface area contributed by atoms with Gasteiger partial charge in [0.1, 0.15) is 0 Å². The van der Waals surface area contributed by atoms with Crippen LogP contribution in [0.4, 0.5) is 0 Å². The molecule has 0 aliphatic heterocycles. The second-order valence-electron chi connectivity index (χ2n) is 3.89. The van der Waals surface area contributed by atoms with Gasteiger partial charge in [0.15, 0.2) is 0 Å². The Balaban J connectivity index is 2.79. The minimum atomic E-state index is -0.0518. The molecule has 16 heavy (non-hydrogen) atoms. The molecule has 0 aliphatic carbocycles. The summed E-state index contributed by atoms with van der Waals surface area (Å²) in [5.74, 6) is 0. The van der Waals surface area contributed by atoms with Crippen LogP contribution in [0, 0.1) is 6.92 Å². The van der Waals surface area contributed by atoms with Crippen LogP contribution < -0.4 is 10.9 Å². The van der Waals surface area contributed by atoms with Crippen molar-refractivity contribution in [3.63, 3.8) is 0 Å². The molecule has 84 valence electrons. The Morgan fingerprint density at radius 3 is 2.88 bits per heavy atom. The highest BCUT2D eigenvalue weighted by Crippen LogP contribution is 2.11. The summed E-state index contributed by atoms with van der Waals surface area (Å²) in [4.78, 5) is 16.5. The van der Waals surface area contributed by atoms with Gasteiger partial charge < -0.3 is 5.32 Å². The Hall–Kier alpha value is -1.68. The summed E-state index contributed by atoms with van der Waals surface area (Å²) < 4.78 is 1.61. The second kappa shape index (κ2) is 4.06. The lowest BCUT2D eigenvalue weighted by atomic mass is 10.1. The van der Waals surface area contributed by atoms with E-state index < -0.39 is 0 Å². The lowest BCUT2D eigenvalue weighted by molar-refractivity contribution is 0.460. The Bertz CT molecular complexity index is 574. The monoisotopic (exact) mass is 217 g/mol. The van der Waals surface area contributed by atoms with Crippen molar-refractivity contribution in [3.8, 4) is 0 Å². The summed E-state index contributed by atoms with van der Waals surface area (Å²) in [7, 11) is 1.82. The van der Waals surface area contributed by atoms with Crippen LogP contribution in [0.2, 0.25) is 0 Å². The minimum absolute atomic E-state index is 0.00458. The van der Waals surface area contributed by atoms with Crippen molar-refractivity contribution in [1.29, 1.82) is 0 Å². The maximum absolute atomic E-state index is 12.2. The maximum Gasteiger partial charge on any atom is 0.262 e. The molecular formula is C12H15N3O. The zero-order valence-electron chi connectivity index (χ0n) is 9.69. The average molecular weight is 217 g/mol. The fourth-order valence-electron chi connectivity index (χ4n) is 1.76. The first-order valence-corrected chi connectivity index (χ1v) is 5.29. The SMILES string of the molecule is CNC(C)n1cnc2cccc(C)c2c1=O. The lowest BCUT2D eigenvalue weighted by Gasteiger charge is -2.14. The number of rotatable bonds is 2. The molecule has 0 saturated carbocycles. The van der Waals surface area contributed by atoms with E-state index in [9.17, 15) is 4.79 Å². The van der Waals surface area contributed by atoms with Crippen molar-refractivity contribution >= 4 is 10.9 Å². The van der Waals surface area contributed by atoms with Crippen LogP contribution in [-0.4, -0.2) is 16.6 Å². The number of nitrogens with zero attached hydrogens (tertiary/aromatic N) is 2. The van der Waals surface area contributed by atoms with Crippen LogP contribution in [0.3, 0.4) is 0 Å². The molecule has 1 unspecified atom stereocenters. The summed E-state index contributed by atoms with van der Waals surface area (Å²) in [5.41, 5.74) is 1.72. The quantitative estimate of drug-likeness (QED) is 0.828. The van der Waals surface area contributed by atoms with E-state index in [1.54, 1.807) is 10.9 Å². The summed E-state index contributed by atoms with van der Waals surface area (Å²) in [6.45, 7) is 3.85. The van der Waals surface area contributed by atoms with E-state index in [1.165, 1.54) is 0 Å². The van der Waals surface area contributed by atoms with Crippen LogP contribution in [0.1, 0.15) is 18.7 Å². The van der Waals surface area contributed by atoms with Crippen molar-refractivity contribution in [3.05, 3.63) is 40.4 Å². The molecule has 1 N–H and O–H groups in total. The molecule has 4 nitrogen and oxygen atoms in total. The standard InChI is InChI=1S/C12H15N3O/c1-8-5-4-6-10-11(8)12(16)15(7-14-10)9(2)13-3/h4-7,9,13H,1-3H3. The molecule has 0 radical (unpaired) electrons. The van der Waals surface area contributed by atoms with Crippen LogP contribution in [0.25, 0.3) is 10.9 Å². The van der Waals surface area contributed by atoms with Gasteiger partial charge in [0.05, 0.1) is 23.4 Å². The summed E-state index contributed by atoms with van der Waals surface area (Å²) in [6.07, 6.45) is 1.54. The number of benzene rings is 1. The normalized spacial score (nSPS) is 12.9. The highest BCUT2D eigenvalue weighted by molar-refractivity contribution is 5.80. The van der Waals surface area contributed by atoms with Crippen molar-refractivity contribution in [1.82, 2.24) is 14.9 Å². The Kier molecular flexibility index (Phi) is 2.75. The minimum Gasteiger partial charge on any atom is -0.300 e. The molecule has 2 aromatic rings. The number of fused-ring (bicyclic) bond motifs is 1. The van der Waals surface area contributed by atoms with Gasteiger partial charge in [-0.2, -0.15) is 0 Å². The van der Waals surface area contributed by atoms with Gasteiger partial charge in [-0.15, -0.1) is 0 Å². The zero-order valence-corrected chi connectivity index (χ0v) is 9.69. The molecule has 2 rings (SSSR count). The van der Waals surface area contributed by atoms with Crippen molar-refractivity contribution in [2.45, 2.75) is 20.0 Å². The molecule has 1 aromatic heterocycles. The molecule has 0 saturated heterocycles. The number of hydrogen-bond donors (Lipinski definition) is 1. The predicted octanol–water partition coefficient (Wildman–Crippen LogP) is 1.44. The Morgan fingerprint density at radius 2 is 2.19 bits per heavy atom. The highest BCUT2D eigenvalue weighted by Gasteiger charge is 2.09. The first-order valence-electron chi connectivity index (χ1n) is 5.29.